The number of hydrogen-bond acceptors (Lipinski definition) is 1. The summed E-state index contributed by atoms with van der Waals surface area (Å²) >= 11 is 14.4. The van der Waals surface area contributed by atoms with Crippen LogP contribution in [0.2, 0.25) is 0 Å². The zero-order chi connectivity index (χ0) is 4.99. The van der Waals surface area contributed by atoms with Crippen molar-refractivity contribution in [2.45, 2.75) is 0 Å². The van der Waals surface area contributed by atoms with Crippen LogP contribution < -0.4 is 0 Å². The predicted molar refractivity (Wildman–Crippen MR) is 32.4 cm³/mol. The molecule has 0 heterocycles. The van der Waals surface area contributed by atoms with Crippen LogP contribution in [0.3, 0.4) is 0 Å². The molecule has 0 saturated heterocycles. The summed E-state index contributed by atoms with van der Waals surface area (Å²) in [5.74, 6) is 0. The molecule has 0 amide bonds. The molecule has 0 nitrogen and oxygen atoms in total. The van der Waals surface area contributed by atoms with Gasteiger partial charge in [-0.15, -0.1) is 0 Å². The Morgan fingerprint density at radius 1 is 1.67 bits per heavy atom. The molecule has 0 spiro atoms. The Balaban J connectivity index is 3.41. The van der Waals surface area contributed by atoms with E-state index in [2.05, 4.69) is 17.6 Å². The van der Waals surface area contributed by atoms with Crippen LogP contribution in [-0.2, 0) is 0 Å². The number of halogens is 2. The highest BCUT2D eigenvalue weighted by atomic mass is 35.5. The highest BCUT2D eigenvalue weighted by molar-refractivity contribution is 7.79. The van der Waals surface area contributed by atoms with Crippen LogP contribution in [-0.4, -0.2) is 5.37 Å². The maximum atomic E-state index is 5.08. The van der Waals surface area contributed by atoms with Crippen molar-refractivity contribution < 1.29 is 0 Å². The fourth-order valence-electron chi connectivity index (χ4n) is 0.0445. The maximum Gasteiger partial charge on any atom is 0.108 e. The van der Waals surface area contributed by atoms with Crippen LogP contribution in [0.4, 0.5) is 0 Å². The molecule has 0 atom stereocenters. The van der Waals surface area contributed by atoms with Gasteiger partial charge in [0.1, 0.15) is 4.49 Å². The predicted octanol–water partition coefficient (Wildman–Crippen LogP) is 2.18. The van der Waals surface area contributed by atoms with Crippen molar-refractivity contribution >= 4 is 40.8 Å². The molecule has 0 saturated carbocycles. The first-order valence-corrected chi connectivity index (χ1v) is 2.32. The zero-order valence-electron chi connectivity index (χ0n) is 2.74. The Morgan fingerprint density at radius 2 is 2.17 bits per heavy atom. The van der Waals surface area contributed by atoms with E-state index in [9.17, 15) is 0 Å². The second kappa shape index (κ2) is 3.59. The third kappa shape index (κ3) is 4.41. The van der Waals surface area contributed by atoms with Crippen molar-refractivity contribution in [3.05, 3.63) is 10.6 Å². The van der Waals surface area contributed by atoms with Gasteiger partial charge >= 0.3 is 0 Å². The fraction of sp³-hybridized carbons (Fsp3) is 0. The van der Waals surface area contributed by atoms with Gasteiger partial charge in [0.2, 0.25) is 0 Å². The van der Waals surface area contributed by atoms with Crippen LogP contribution >= 0.6 is 35.4 Å². The first kappa shape index (κ1) is 6.41. The van der Waals surface area contributed by atoms with Gasteiger partial charge in [-0.2, -0.15) is 0 Å². The second-order valence-corrected chi connectivity index (χ2v) is 1.80. The summed E-state index contributed by atoms with van der Waals surface area (Å²) in [7, 11) is 0. The molecule has 0 aliphatic carbocycles. The van der Waals surface area contributed by atoms with Crippen molar-refractivity contribution in [1.82, 2.24) is 0 Å². The molecular formula is C3HCl2S. The van der Waals surface area contributed by atoms with E-state index < -0.39 is 0 Å². The number of thiocarbonyl (C=S) groups is 1. The largest absolute Gasteiger partial charge is 0.108 e. The molecule has 0 rings (SSSR count). The molecule has 3 heteroatoms. The van der Waals surface area contributed by atoms with Crippen molar-refractivity contribution in [2.75, 3.05) is 0 Å². The van der Waals surface area contributed by atoms with E-state index in [0.29, 0.717) is 0 Å². The molecule has 1 radical (unpaired) electrons. The van der Waals surface area contributed by atoms with Gasteiger partial charge in [-0.25, -0.2) is 0 Å². The monoisotopic (exact) mass is 139 g/mol. The molecule has 0 aliphatic rings. The first-order valence-electron chi connectivity index (χ1n) is 1.16. The summed E-state index contributed by atoms with van der Waals surface area (Å²) in [4.78, 5) is 0. The molecule has 6 heavy (non-hydrogen) atoms. The quantitative estimate of drug-likeness (QED) is 0.397. The minimum absolute atomic E-state index is 0.144. The van der Waals surface area contributed by atoms with Crippen molar-refractivity contribution in [3.63, 3.8) is 0 Å². The standard InChI is InChI=1S/C3HCl2S/c4-3(5)1-2-6/h1H. The average molecular weight is 140 g/mol. The van der Waals surface area contributed by atoms with Gasteiger partial charge in [0.15, 0.2) is 0 Å². The number of hydrogen-bond donors (Lipinski definition) is 0. The molecule has 0 aliphatic heterocycles. The molecule has 0 unspecified atom stereocenters. The lowest BCUT2D eigenvalue weighted by Crippen LogP contribution is -1.51. The fourth-order valence-corrected chi connectivity index (χ4v) is 0.401. The van der Waals surface area contributed by atoms with Crippen molar-refractivity contribution in [2.24, 2.45) is 0 Å². The molecule has 0 N–H and O–H groups in total. The maximum absolute atomic E-state index is 5.08. The topological polar surface area (TPSA) is 0 Å². The van der Waals surface area contributed by atoms with Crippen molar-refractivity contribution in [1.29, 1.82) is 0 Å². The summed E-state index contributed by atoms with van der Waals surface area (Å²) in [5, 5.41) is 2.22. The number of rotatable bonds is 1. The Bertz CT molecular complexity index is 72.9. The lowest BCUT2D eigenvalue weighted by molar-refractivity contribution is 2.32. The number of allylic oxidation sites excluding steroid dienone is 1. The van der Waals surface area contributed by atoms with E-state index in [1.54, 1.807) is 0 Å². The van der Waals surface area contributed by atoms with E-state index in [4.69, 9.17) is 23.2 Å². The molecular weight excluding hydrogens is 139 g/mol. The summed E-state index contributed by atoms with van der Waals surface area (Å²) in [6.07, 6.45) is 1.30. The van der Waals surface area contributed by atoms with E-state index >= 15 is 0 Å². The average Bonchev–Trinajstić information content (AvgIpc) is 1.35. The SMILES string of the molecule is S=[C]C=C(Cl)Cl. The van der Waals surface area contributed by atoms with Gasteiger partial charge in [0, 0.05) is 0 Å². The Hall–Kier alpha value is 0.410. The van der Waals surface area contributed by atoms with Crippen LogP contribution in [0.25, 0.3) is 0 Å². The Morgan fingerprint density at radius 3 is 2.17 bits per heavy atom. The Kier molecular flexibility index (Phi) is 3.84. The zero-order valence-corrected chi connectivity index (χ0v) is 5.07. The van der Waals surface area contributed by atoms with E-state index in [1.807, 2.05) is 0 Å². The second-order valence-electron chi connectivity index (χ2n) is 0.552. The lowest BCUT2D eigenvalue weighted by atomic mass is 10.8. The molecule has 0 aromatic carbocycles. The summed E-state index contributed by atoms with van der Waals surface area (Å²) < 4.78 is 0.144. The molecule has 0 fully saturated rings. The molecule has 33 valence electrons. The normalized spacial score (nSPS) is 7.00. The van der Waals surface area contributed by atoms with Gasteiger partial charge in [0.25, 0.3) is 0 Å². The van der Waals surface area contributed by atoms with Crippen LogP contribution in [0, 0.1) is 0 Å². The van der Waals surface area contributed by atoms with Gasteiger partial charge in [0.05, 0.1) is 5.37 Å². The molecule has 0 bridgehead atoms. The summed E-state index contributed by atoms with van der Waals surface area (Å²) in [5.41, 5.74) is 0. The molecule has 0 aromatic rings. The van der Waals surface area contributed by atoms with Gasteiger partial charge in [-0.05, 0) is 6.08 Å². The van der Waals surface area contributed by atoms with Gasteiger partial charge in [-0.3, -0.25) is 0 Å². The Labute approximate surface area is 51.7 Å². The third-order valence-corrected chi connectivity index (χ3v) is 0.504. The first-order chi connectivity index (χ1) is 2.77. The lowest BCUT2D eigenvalue weighted by Gasteiger charge is -1.67. The smallest absolute Gasteiger partial charge is 0.0784 e. The van der Waals surface area contributed by atoms with Crippen LogP contribution in [0.5, 0.6) is 0 Å². The van der Waals surface area contributed by atoms with Crippen molar-refractivity contribution in [3.8, 4) is 0 Å². The minimum atomic E-state index is 0.144. The van der Waals surface area contributed by atoms with E-state index in [-0.39, 0.29) is 4.49 Å². The van der Waals surface area contributed by atoms with E-state index in [0.717, 1.165) is 0 Å². The highest BCUT2D eigenvalue weighted by Gasteiger charge is 1.72. The van der Waals surface area contributed by atoms with Crippen LogP contribution in [0.15, 0.2) is 10.6 Å². The highest BCUT2D eigenvalue weighted by Crippen LogP contribution is 2.03. The summed E-state index contributed by atoms with van der Waals surface area (Å²) in [6.45, 7) is 0. The van der Waals surface area contributed by atoms with Crippen LogP contribution in [0.1, 0.15) is 0 Å². The van der Waals surface area contributed by atoms with E-state index in [1.165, 1.54) is 6.08 Å². The van der Waals surface area contributed by atoms with Gasteiger partial charge in [-0.1, -0.05) is 35.4 Å². The third-order valence-electron chi connectivity index (χ3n) is 0.168. The molecule has 0 aromatic heterocycles. The summed E-state index contributed by atoms with van der Waals surface area (Å²) in [6, 6.07) is 0. The van der Waals surface area contributed by atoms with Gasteiger partial charge < -0.3 is 0 Å². The minimum Gasteiger partial charge on any atom is -0.0784 e.